The summed E-state index contributed by atoms with van der Waals surface area (Å²) in [7, 11) is 0. The lowest BCUT2D eigenvalue weighted by atomic mass is 9.91. The topological polar surface area (TPSA) is 20.2 Å². The fourth-order valence-corrected chi connectivity index (χ4v) is 2.75. The molecule has 1 N–H and O–H groups in total. The van der Waals surface area contributed by atoms with Gasteiger partial charge < -0.3 is 5.11 Å². The zero-order valence-corrected chi connectivity index (χ0v) is 14.9. The molecule has 0 atom stereocenters. The van der Waals surface area contributed by atoms with Gasteiger partial charge in [-0.25, -0.2) is 0 Å². The van der Waals surface area contributed by atoms with Gasteiger partial charge in [0.05, 0.1) is 0 Å². The third kappa shape index (κ3) is 5.55. The van der Waals surface area contributed by atoms with Crippen LogP contribution in [0.3, 0.4) is 0 Å². The van der Waals surface area contributed by atoms with Gasteiger partial charge in [-0.3, -0.25) is 0 Å². The summed E-state index contributed by atoms with van der Waals surface area (Å²) in [6.45, 7) is 4.30. The molecule has 24 heavy (non-hydrogen) atoms. The maximum atomic E-state index is 10.8. The van der Waals surface area contributed by atoms with Crippen LogP contribution in [0.4, 0.5) is 0 Å². The highest BCUT2D eigenvalue weighted by molar-refractivity contribution is 5.64. The first kappa shape index (κ1) is 18.3. The Kier molecular flexibility index (Phi) is 7.09. The number of hydrogen-bond acceptors (Lipinski definition) is 1. The zero-order chi connectivity index (χ0) is 17.3. The molecule has 1 nitrogen and oxygen atoms in total. The quantitative estimate of drug-likeness (QED) is 0.638. The molecule has 0 aliphatic heterocycles. The SMILES string of the molecule is CCCCC(O)(C#Cc1ccc(-c2ccccc2)cc1)CCCC. The largest absolute Gasteiger partial charge is 0.378 e. The molecule has 0 bridgehead atoms. The Labute approximate surface area is 146 Å². The summed E-state index contributed by atoms with van der Waals surface area (Å²) in [5, 5.41) is 10.8. The van der Waals surface area contributed by atoms with E-state index in [-0.39, 0.29) is 0 Å². The Bertz CT molecular complexity index is 651. The fraction of sp³-hybridized carbons (Fsp3) is 0.391. The van der Waals surface area contributed by atoms with Crippen LogP contribution in [0.15, 0.2) is 54.6 Å². The van der Waals surface area contributed by atoms with Gasteiger partial charge in [0, 0.05) is 5.56 Å². The Morgan fingerprint density at radius 3 is 1.88 bits per heavy atom. The summed E-state index contributed by atoms with van der Waals surface area (Å²) in [4.78, 5) is 0. The van der Waals surface area contributed by atoms with E-state index in [9.17, 15) is 5.11 Å². The van der Waals surface area contributed by atoms with Crippen molar-refractivity contribution in [1.29, 1.82) is 0 Å². The van der Waals surface area contributed by atoms with Gasteiger partial charge in [-0.05, 0) is 48.9 Å². The van der Waals surface area contributed by atoms with Crippen molar-refractivity contribution in [3.05, 3.63) is 60.2 Å². The summed E-state index contributed by atoms with van der Waals surface area (Å²) in [5.41, 5.74) is 2.51. The van der Waals surface area contributed by atoms with Crippen molar-refractivity contribution >= 4 is 0 Å². The third-order valence-electron chi connectivity index (χ3n) is 4.32. The van der Waals surface area contributed by atoms with Crippen LogP contribution in [0, 0.1) is 11.8 Å². The number of hydrogen-bond donors (Lipinski definition) is 1. The van der Waals surface area contributed by atoms with E-state index in [2.05, 4.69) is 50.0 Å². The van der Waals surface area contributed by atoms with Gasteiger partial charge in [-0.15, -0.1) is 0 Å². The van der Waals surface area contributed by atoms with Crippen molar-refractivity contribution < 1.29 is 5.11 Å². The molecule has 0 aliphatic carbocycles. The number of rotatable bonds is 7. The highest BCUT2D eigenvalue weighted by Crippen LogP contribution is 2.22. The second-order valence-electron chi connectivity index (χ2n) is 6.43. The molecule has 0 aliphatic rings. The average molecular weight is 320 g/mol. The van der Waals surface area contributed by atoms with E-state index < -0.39 is 5.60 Å². The standard InChI is InChI=1S/C23H28O/c1-3-5-17-23(24,18-6-4-2)19-16-20-12-14-22(15-13-20)21-10-8-7-9-11-21/h7-15,24H,3-6,17-18H2,1-2H3. The number of benzene rings is 2. The lowest BCUT2D eigenvalue weighted by Gasteiger charge is -2.21. The molecule has 0 saturated heterocycles. The molecule has 2 rings (SSSR count). The second kappa shape index (κ2) is 9.30. The van der Waals surface area contributed by atoms with Crippen molar-refractivity contribution in [1.82, 2.24) is 0 Å². The van der Waals surface area contributed by atoms with Crippen LogP contribution in [-0.4, -0.2) is 10.7 Å². The first-order valence-electron chi connectivity index (χ1n) is 9.08. The highest BCUT2D eigenvalue weighted by atomic mass is 16.3. The van der Waals surface area contributed by atoms with Gasteiger partial charge in [-0.2, -0.15) is 0 Å². The van der Waals surface area contributed by atoms with Crippen molar-refractivity contribution in [3.63, 3.8) is 0 Å². The molecule has 1 heteroatoms. The van der Waals surface area contributed by atoms with Gasteiger partial charge >= 0.3 is 0 Å². The normalized spacial score (nSPS) is 11.0. The van der Waals surface area contributed by atoms with Crippen molar-refractivity contribution in [2.75, 3.05) is 0 Å². The average Bonchev–Trinajstić information content (AvgIpc) is 2.64. The van der Waals surface area contributed by atoms with Crippen LogP contribution < -0.4 is 0 Å². The summed E-state index contributed by atoms with van der Waals surface area (Å²) >= 11 is 0. The predicted octanol–water partition coefficient (Wildman–Crippen LogP) is 5.82. The van der Waals surface area contributed by atoms with Gasteiger partial charge in [0.15, 0.2) is 0 Å². The van der Waals surface area contributed by atoms with Gasteiger partial charge in [0.2, 0.25) is 0 Å². The Morgan fingerprint density at radius 1 is 0.792 bits per heavy atom. The molecule has 2 aromatic rings. The van der Waals surface area contributed by atoms with E-state index in [0.717, 1.165) is 44.1 Å². The molecule has 0 radical (unpaired) electrons. The monoisotopic (exact) mass is 320 g/mol. The van der Waals surface area contributed by atoms with Gasteiger partial charge in [-0.1, -0.05) is 81.0 Å². The summed E-state index contributed by atoms with van der Waals surface area (Å²) in [6.07, 6.45) is 5.73. The molecular weight excluding hydrogens is 292 g/mol. The summed E-state index contributed by atoms with van der Waals surface area (Å²) in [5.74, 6) is 6.33. The summed E-state index contributed by atoms with van der Waals surface area (Å²) < 4.78 is 0. The van der Waals surface area contributed by atoms with Crippen LogP contribution in [0.2, 0.25) is 0 Å². The Morgan fingerprint density at radius 2 is 1.33 bits per heavy atom. The van der Waals surface area contributed by atoms with E-state index in [1.165, 1.54) is 11.1 Å². The van der Waals surface area contributed by atoms with E-state index in [1.54, 1.807) is 0 Å². The number of aliphatic hydroxyl groups is 1. The minimum Gasteiger partial charge on any atom is -0.378 e. The molecule has 126 valence electrons. The molecule has 0 spiro atoms. The minimum absolute atomic E-state index is 0.762. The van der Waals surface area contributed by atoms with Crippen molar-refractivity contribution in [3.8, 4) is 23.0 Å². The lowest BCUT2D eigenvalue weighted by molar-refractivity contribution is 0.0774. The molecule has 0 heterocycles. The lowest BCUT2D eigenvalue weighted by Crippen LogP contribution is -2.26. The first-order chi connectivity index (χ1) is 11.7. The minimum atomic E-state index is -0.843. The second-order valence-corrected chi connectivity index (χ2v) is 6.43. The molecule has 0 aromatic heterocycles. The van der Waals surface area contributed by atoms with E-state index >= 15 is 0 Å². The smallest absolute Gasteiger partial charge is 0.125 e. The van der Waals surface area contributed by atoms with E-state index in [0.29, 0.717) is 0 Å². The summed E-state index contributed by atoms with van der Waals surface area (Å²) in [6, 6.07) is 18.6. The number of unbranched alkanes of at least 4 members (excludes halogenated alkanes) is 2. The third-order valence-corrected chi connectivity index (χ3v) is 4.32. The van der Waals surface area contributed by atoms with Gasteiger partial charge in [0.25, 0.3) is 0 Å². The van der Waals surface area contributed by atoms with E-state index in [1.807, 2.05) is 30.3 Å². The predicted molar refractivity (Wildman–Crippen MR) is 103 cm³/mol. The maximum absolute atomic E-state index is 10.8. The molecule has 0 unspecified atom stereocenters. The van der Waals surface area contributed by atoms with Gasteiger partial charge in [0.1, 0.15) is 5.60 Å². The Balaban J connectivity index is 2.12. The van der Waals surface area contributed by atoms with Crippen molar-refractivity contribution in [2.24, 2.45) is 0 Å². The first-order valence-corrected chi connectivity index (χ1v) is 9.08. The molecule has 2 aromatic carbocycles. The maximum Gasteiger partial charge on any atom is 0.125 e. The van der Waals surface area contributed by atoms with Crippen molar-refractivity contribution in [2.45, 2.75) is 58.0 Å². The van der Waals surface area contributed by atoms with E-state index in [4.69, 9.17) is 0 Å². The Hall–Kier alpha value is -2.04. The molecular formula is C23H28O. The fourth-order valence-electron chi connectivity index (χ4n) is 2.75. The zero-order valence-electron chi connectivity index (χ0n) is 14.9. The molecule has 0 amide bonds. The molecule has 0 fully saturated rings. The van der Waals surface area contributed by atoms with Crippen LogP contribution in [0.25, 0.3) is 11.1 Å². The van der Waals surface area contributed by atoms with Crippen LogP contribution >= 0.6 is 0 Å². The highest BCUT2D eigenvalue weighted by Gasteiger charge is 2.22. The van der Waals surface area contributed by atoms with Crippen LogP contribution in [-0.2, 0) is 0 Å². The van der Waals surface area contributed by atoms with Crippen LogP contribution in [0.1, 0.15) is 57.9 Å². The van der Waals surface area contributed by atoms with Crippen LogP contribution in [0.5, 0.6) is 0 Å². The molecule has 0 saturated carbocycles.